The van der Waals surface area contributed by atoms with Gasteiger partial charge in [0, 0.05) is 5.92 Å². The Morgan fingerprint density at radius 1 is 1.23 bits per heavy atom. The van der Waals surface area contributed by atoms with Crippen molar-refractivity contribution in [3.8, 4) is 0 Å². The van der Waals surface area contributed by atoms with Gasteiger partial charge in [-0.3, -0.25) is 4.79 Å². The van der Waals surface area contributed by atoms with Crippen molar-refractivity contribution in [3.63, 3.8) is 0 Å². The van der Waals surface area contributed by atoms with Gasteiger partial charge in [0.25, 0.3) is 0 Å². The van der Waals surface area contributed by atoms with Crippen molar-refractivity contribution < 1.29 is 42.1 Å². The van der Waals surface area contributed by atoms with Crippen molar-refractivity contribution >= 4 is 11.9 Å². The molecule has 1 saturated carbocycles. The number of aliphatic carboxylic acids is 2. The molecule has 0 amide bonds. The second kappa shape index (κ2) is 7.20. The predicted molar refractivity (Wildman–Crippen MR) is 79.8 cm³/mol. The highest BCUT2D eigenvalue weighted by Gasteiger charge is 2.70. The maximum absolute atomic E-state index is 14.1. The number of nitrogens with two attached hydrogens (primary N) is 1. The smallest absolute Gasteiger partial charge is 0.416 e. The fourth-order valence-electron chi connectivity index (χ4n) is 2.76. The molecule has 1 aliphatic rings. The van der Waals surface area contributed by atoms with Gasteiger partial charge in [0.05, 0.1) is 30.7 Å². The lowest BCUT2D eigenvalue weighted by molar-refractivity contribution is -0.145. The topological polar surface area (TPSA) is 110 Å². The molecule has 0 aromatic heterocycles. The van der Waals surface area contributed by atoms with Crippen LogP contribution in [0.4, 0.5) is 17.6 Å². The molecule has 4 N–H and O–H groups in total. The van der Waals surface area contributed by atoms with Crippen LogP contribution in [-0.4, -0.2) is 40.0 Å². The summed E-state index contributed by atoms with van der Waals surface area (Å²) in [6.07, 6.45) is -6.24. The molecule has 0 radical (unpaired) electrons. The quantitative estimate of drug-likeness (QED) is 0.598. The van der Waals surface area contributed by atoms with Crippen LogP contribution in [0.15, 0.2) is 24.3 Å². The summed E-state index contributed by atoms with van der Waals surface area (Å²) >= 11 is 0. The van der Waals surface area contributed by atoms with E-state index in [1.807, 2.05) is 0 Å². The van der Waals surface area contributed by atoms with Gasteiger partial charge < -0.3 is 20.7 Å². The number of hydrogen-bond acceptors (Lipinski definition) is 4. The standard InChI is InChI=1S/C16H17F4NO5/c17-15(14(24)25)11(13(15)21)5-10(6-12(22)23)26-7-8-1-3-9(4-2-8)16(18,19)20/h1-4,10-11,13H,5-7,21H2,(H,22,23)(H,24,25). The number of carbonyl (C=O) groups is 2. The van der Waals surface area contributed by atoms with Gasteiger partial charge in [0.1, 0.15) is 0 Å². The lowest BCUT2D eigenvalue weighted by Gasteiger charge is -2.17. The molecule has 0 heterocycles. The summed E-state index contributed by atoms with van der Waals surface area (Å²) in [7, 11) is 0. The zero-order valence-electron chi connectivity index (χ0n) is 13.4. The first kappa shape index (κ1) is 20.1. The Kier molecular flexibility index (Phi) is 5.57. The predicted octanol–water partition coefficient (Wildman–Crippen LogP) is 2.21. The summed E-state index contributed by atoms with van der Waals surface area (Å²) in [5.74, 6) is -4.04. The fourth-order valence-corrected chi connectivity index (χ4v) is 2.76. The van der Waals surface area contributed by atoms with E-state index >= 15 is 0 Å². The molecule has 6 nitrogen and oxygen atoms in total. The monoisotopic (exact) mass is 379 g/mol. The summed E-state index contributed by atoms with van der Waals surface area (Å²) < 4.78 is 57.0. The molecule has 26 heavy (non-hydrogen) atoms. The van der Waals surface area contributed by atoms with E-state index in [0.29, 0.717) is 5.56 Å². The van der Waals surface area contributed by atoms with Gasteiger partial charge in [-0.15, -0.1) is 0 Å². The number of ether oxygens (including phenoxy) is 1. The largest absolute Gasteiger partial charge is 0.481 e. The molecule has 4 unspecified atom stereocenters. The molecule has 4 atom stereocenters. The lowest BCUT2D eigenvalue weighted by atomic mass is 10.1. The fraction of sp³-hybridized carbons (Fsp3) is 0.500. The van der Waals surface area contributed by atoms with Crippen LogP contribution in [0.1, 0.15) is 24.0 Å². The number of alkyl halides is 4. The normalized spacial score (nSPS) is 26.3. The van der Waals surface area contributed by atoms with Crippen LogP contribution in [0.3, 0.4) is 0 Å². The minimum Gasteiger partial charge on any atom is -0.481 e. The molecule has 144 valence electrons. The van der Waals surface area contributed by atoms with E-state index < -0.39 is 53.8 Å². The van der Waals surface area contributed by atoms with Crippen LogP contribution >= 0.6 is 0 Å². The second-order valence-electron chi connectivity index (χ2n) is 6.17. The first-order chi connectivity index (χ1) is 12.0. The first-order valence-corrected chi connectivity index (χ1v) is 7.63. The molecule has 10 heteroatoms. The molecule has 0 bridgehead atoms. The van der Waals surface area contributed by atoms with Gasteiger partial charge in [-0.1, -0.05) is 12.1 Å². The third kappa shape index (κ3) is 4.31. The number of benzene rings is 1. The number of carboxylic acids is 2. The highest BCUT2D eigenvalue weighted by atomic mass is 19.4. The van der Waals surface area contributed by atoms with Crippen molar-refractivity contribution in [2.24, 2.45) is 11.7 Å². The molecule has 1 aliphatic carbocycles. The number of rotatable bonds is 8. The van der Waals surface area contributed by atoms with Gasteiger partial charge >= 0.3 is 18.1 Å². The van der Waals surface area contributed by atoms with Crippen LogP contribution < -0.4 is 5.73 Å². The Bertz CT molecular complexity index is 678. The van der Waals surface area contributed by atoms with Gasteiger partial charge in [-0.25, -0.2) is 9.18 Å². The molecule has 0 aliphatic heterocycles. The van der Waals surface area contributed by atoms with Crippen LogP contribution in [0, 0.1) is 5.92 Å². The minimum absolute atomic E-state index is 0.204. The Labute approximate surface area is 145 Å². The van der Waals surface area contributed by atoms with E-state index in [1.165, 1.54) is 12.1 Å². The van der Waals surface area contributed by atoms with Crippen molar-refractivity contribution in [3.05, 3.63) is 35.4 Å². The van der Waals surface area contributed by atoms with E-state index in [9.17, 15) is 27.2 Å². The highest BCUT2D eigenvalue weighted by Crippen LogP contribution is 2.49. The third-order valence-corrected chi connectivity index (χ3v) is 4.36. The Balaban J connectivity index is 1.98. The summed E-state index contributed by atoms with van der Waals surface area (Å²) in [6, 6.07) is 2.82. The van der Waals surface area contributed by atoms with Crippen LogP contribution in [0.2, 0.25) is 0 Å². The van der Waals surface area contributed by atoms with E-state index in [2.05, 4.69) is 0 Å². The molecular weight excluding hydrogens is 362 g/mol. The van der Waals surface area contributed by atoms with Crippen LogP contribution in [0.25, 0.3) is 0 Å². The van der Waals surface area contributed by atoms with Crippen molar-refractivity contribution in [2.75, 3.05) is 0 Å². The maximum atomic E-state index is 14.1. The van der Waals surface area contributed by atoms with E-state index in [4.69, 9.17) is 20.7 Å². The van der Waals surface area contributed by atoms with Crippen molar-refractivity contribution in [1.82, 2.24) is 0 Å². The van der Waals surface area contributed by atoms with Crippen LogP contribution in [0.5, 0.6) is 0 Å². The van der Waals surface area contributed by atoms with Crippen molar-refractivity contribution in [1.29, 1.82) is 0 Å². The molecule has 1 fully saturated rings. The highest BCUT2D eigenvalue weighted by molar-refractivity contribution is 5.83. The average Bonchev–Trinajstić information content (AvgIpc) is 3.06. The average molecular weight is 379 g/mol. The van der Waals surface area contributed by atoms with Gasteiger partial charge in [0.2, 0.25) is 5.67 Å². The zero-order valence-corrected chi connectivity index (χ0v) is 13.4. The Hall–Kier alpha value is -2.20. The summed E-state index contributed by atoms with van der Waals surface area (Å²) in [4.78, 5) is 21.8. The zero-order chi connectivity index (χ0) is 19.7. The molecule has 0 saturated heterocycles. The number of halogens is 4. The van der Waals surface area contributed by atoms with Crippen molar-refractivity contribution in [2.45, 2.75) is 43.4 Å². The maximum Gasteiger partial charge on any atom is 0.416 e. The van der Waals surface area contributed by atoms with E-state index in [1.54, 1.807) is 0 Å². The first-order valence-electron chi connectivity index (χ1n) is 7.63. The molecule has 2 rings (SSSR count). The van der Waals surface area contributed by atoms with Gasteiger partial charge in [0.15, 0.2) is 0 Å². The van der Waals surface area contributed by atoms with Crippen LogP contribution in [-0.2, 0) is 27.1 Å². The van der Waals surface area contributed by atoms with E-state index in [0.717, 1.165) is 12.1 Å². The number of carboxylic acid groups (broad SMARTS) is 2. The SMILES string of the molecule is NC1C(CC(CC(=O)O)OCc2ccc(C(F)(F)F)cc2)C1(F)C(=O)O. The third-order valence-electron chi connectivity index (χ3n) is 4.36. The second-order valence-corrected chi connectivity index (χ2v) is 6.17. The molecule has 0 spiro atoms. The summed E-state index contributed by atoms with van der Waals surface area (Å²) in [5.41, 5.74) is 2.33. The van der Waals surface area contributed by atoms with Gasteiger partial charge in [-0.05, 0) is 24.1 Å². The minimum atomic E-state index is -4.48. The molecular formula is C16H17F4NO5. The Morgan fingerprint density at radius 2 is 1.81 bits per heavy atom. The molecule has 1 aromatic rings. The lowest BCUT2D eigenvalue weighted by Crippen LogP contribution is -2.26. The van der Waals surface area contributed by atoms with E-state index in [-0.39, 0.29) is 13.0 Å². The summed E-state index contributed by atoms with van der Waals surface area (Å²) in [5, 5.41) is 17.7. The number of hydrogen-bond donors (Lipinski definition) is 3. The Morgan fingerprint density at radius 3 is 2.23 bits per heavy atom. The van der Waals surface area contributed by atoms with Gasteiger partial charge in [-0.2, -0.15) is 13.2 Å². The summed E-state index contributed by atoms with van der Waals surface area (Å²) in [6.45, 7) is -0.204. The molecule has 1 aromatic carbocycles.